The van der Waals surface area contributed by atoms with Crippen molar-refractivity contribution in [2.45, 2.75) is 26.2 Å². The van der Waals surface area contributed by atoms with Crippen LogP contribution in [0.3, 0.4) is 0 Å². The molecule has 0 aliphatic carbocycles. The predicted octanol–water partition coefficient (Wildman–Crippen LogP) is 11.1. The van der Waals surface area contributed by atoms with Crippen LogP contribution in [0.15, 0.2) is 134 Å². The Morgan fingerprint density at radius 3 is 2.15 bits per heavy atom. The van der Waals surface area contributed by atoms with Crippen molar-refractivity contribution < 1.29 is 8.78 Å². The Hall–Kier alpha value is -5.88. The van der Waals surface area contributed by atoms with Crippen molar-refractivity contribution in [3.8, 4) is 50.7 Å². The second-order valence-electron chi connectivity index (χ2n) is 13.1. The maximum Gasteiger partial charge on any atom is 0.147 e. The summed E-state index contributed by atoms with van der Waals surface area (Å²) in [5.41, 5.74) is 9.14. The van der Waals surface area contributed by atoms with Gasteiger partial charge in [-0.2, -0.15) is 0 Å². The first-order valence-electron chi connectivity index (χ1n) is 16.0. The fraction of sp³-hybridized carbons (Fsp3) is 0.0952. The number of nitrogens with one attached hydrogen (secondary N) is 1. The second kappa shape index (κ2) is 11.4. The first kappa shape index (κ1) is 29.5. The van der Waals surface area contributed by atoms with Crippen LogP contribution in [0, 0.1) is 11.6 Å². The van der Waals surface area contributed by atoms with Crippen molar-refractivity contribution >= 4 is 21.9 Å². The van der Waals surface area contributed by atoms with Gasteiger partial charge in [0.2, 0.25) is 0 Å². The second-order valence-corrected chi connectivity index (χ2v) is 13.1. The molecule has 4 aromatic heterocycles. The van der Waals surface area contributed by atoms with Crippen molar-refractivity contribution in [3.05, 3.63) is 151 Å². The smallest absolute Gasteiger partial charge is 0.147 e. The minimum atomic E-state index is -0.627. The van der Waals surface area contributed by atoms with Gasteiger partial charge < -0.3 is 4.98 Å². The molecule has 0 aliphatic rings. The number of fused-ring (bicyclic) bond motifs is 3. The van der Waals surface area contributed by atoms with Crippen molar-refractivity contribution in [2.75, 3.05) is 0 Å². The molecule has 4 aromatic carbocycles. The van der Waals surface area contributed by atoms with E-state index in [0.29, 0.717) is 11.1 Å². The van der Waals surface area contributed by atoms with Crippen LogP contribution in [-0.4, -0.2) is 19.5 Å². The molecular weight excluding hydrogens is 598 g/mol. The summed E-state index contributed by atoms with van der Waals surface area (Å²) in [4.78, 5) is 13.5. The standard InChI is InChI=1S/C42H32F2N4/c1-42(2,3)30-12-18-39-34(24-30)33-15-16-38(47-41(33)48(39)40-19-17-37(46-40)26-9-5-4-6-10-26)29-22-27(32-14-13-31(43)25-35(32)44)21-28(23-29)36-11-7-8-20-45-36/h4-25,46H,1-3H3. The quantitative estimate of drug-likeness (QED) is 0.206. The zero-order valence-corrected chi connectivity index (χ0v) is 26.8. The number of aromatic nitrogens is 4. The number of H-pyrrole nitrogens is 1. The summed E-state index contributed by atoms with van der Waals surface area (Å²) in [5.74, 6) is -0.344. The van der Waals surface area contributed by atoms with E-state index in [9.17, 15) is 4.39 Å². The highest BCUT2D eigenvalue weighted by Crippen LogP contribution is 2.38. The van der Waals surface area contributed by atoms with Crippen LogP contribution >= 0.6 is 0 Å². The molecule has 0 atom stereocenters. The molecular formula is C42H32F2N4. The molecule has 48 heavy (non-hydrogen) atoms. The lowest BCUT2D eigenvalue weighted by atomic mass is 9.86. The van der Waals surface area contributed by atoms with Crippen LogP contribution in [0.2, 0.25) is 0 Å². The van der Waals surface area contributed by atoms with Crippen molar-refractivity contribution in [2.24, 2.45) is 0 Å². The lowest BCUT2D eigenvalue weighted by Crippen LogP contribution is -2.10. The van der Waals surface area contributed by atoms with Gasteiger partial charge in [-0.05, 0) is 101 Å². The predicted molar refractivity (Wildman–Crippen MR) is 191 cm³/mol. The fourth-order valence-electron chi connectivity index (χ4n) is 6.40. The first-order valence-corrected chi connectivity index (χ1v) is 16.0. The maximum absolute atomic E-state index is 15.1. The van der Waals surface area contributed by atoms with Crippen molar-refractivity contribution in [1.82, 2.24) is 19.5 Å². The molecule has 6 heteroatoms. The van der Waals surface area contributed by atoms with Crippen LogP contribution in [0.5, 0.6) is 0 Å². The number of halogens is 2. The Bertz CT molecular complexity index is 2450. The molecule has 8 rings (SSSR count). The molecule has 0 saturated carbocycles. The van der Waals surface area contributed by atoms with E-state index in [1.54, 1.807) is 6.20 Å². The van der Waals surface area contributed by atoms with Gasteiger partial charge in [-0.3, -0.25) is 9.55 Å². The number of aromatic amines is 1. The summed E-state index contributed by atoms with van der Waals surface area (Å²) in [7, 11) is 0. The molecule has 8 aromatic rings. The summed E-state index contributed by atoms with van der Waals surface area (Å²) in [5, 5.41) is 2.14. The molecule has 4 heterocycles. The van der Waals surface area contributed by atoms with E-state index in [2.05, 4.69) is 83.8 Å². The SMILES string of the molecule is CC(C)(C)c1ccc2c(c1)c1ccc(-c3cc(-c4ccccn4)cc(-c4ccc(F)cc4F)c3)nc1n2-c1ccc(-c2ccccc2)[nH]1. The third-order valence-electron chi connectivity index (χ3n) is 8.91. The van der Waals surface area contributed by atoms with Gasteiger partial charge in [0.25, 0.3) is 0 Å². The highest BCUT2D eigenvalue weighted by atomic mass is 19.1. The van der Waals surface area contributed by atoms with E-state index in [1.165, 1.54) is 17.7 Å². The highest BCUT2D eigenvalue weighted by molar-refractivity contribution is 6.08. The minimum Gasteiger partial charge on any atom is -0.341 e. The highest BCUT2D eigenvalue weighted by Gasteiger charge is 2.21. The van der Waals surface area contributed by atoms with Gasteiger partial charge in [-0.15, -0.1) is 0 Å². The molecule has 1 N–H and O–H groups in total. The Kier molecular flexibility index (Phi) is 7.02. The Labute approximate surface area is 277 Å². The molecule has 0 amide bonds. The number of hydrogen-bond acceptors (Lipinski definition) is 2. The van der Waals surface area contributed by atoms with Gasteiger partial charge in [-0.25, -0.2) is 13.8 Å². The monoisotopic (exact) mass is 630 g/mol. The summed E-state index contributed by atoms with van der Waals surface area (Å²) < 4.78 is 31.2. The van der Waals surface area contributed by atoms with Crippen LogP contribution in [0.25, 0.3) is 72.7 Å². The number of benzene rings is 4. The number of hydrogen-bond donors (Lipinski definition) is 1. The van der Waals surface area contributed by atoms with Gasteiger partial charge >= 0.3 is 0 Å². The number of rotatable bonds is 5. The zero-order valence-electron chi connectivity index (χ0n) is 26.8. The molecule has 0 unspecified atom stereocenters. The van der Waals surface area contributed by atoms with Gasteiger partial charge in [0.05, 0.1) is 16.9 Å². The third kappa shape index (κ3) is 5.25. The van der Waals surface area contributed by atoms with Crippen LogP contribution < -0.4 is 0 Å². The molecule has 0 saturated heterocycles. The van der Waals surface area contributed by atoms with E-state index in [1.807, 2.05) is 60.7 Å². The average Bonchev–Trinajstić information content (AvgIpc) is 3.71. The number of nitrogens with zero attached hydrogens (tertiary/aromatic N) is 3. The summed E-state index contributed by atoms with van der Waals surface area (Å²) in [6, 6.07) is 40.4. The average molecular weight is 631 g/mol. The summed E-state index contributed by atoms with van der Waals surface area (Å²) in [6.07, 6.45) is 1.73. The normalized spacial score (nSPS) is 11.9. The lowest BCUT2D eigenvalue weighted by molar-refractivity contribution is 0.585. The van der Waals surface area contributed by atoms with Gasteiger partial charge in [0, 0.05) is 45.4 Å². The summed E-state index contributed by atoms with van der Waals surface area (Å²) >= 11 is 0. The largest absolute Gasteiger partial charge is 0.341 e. The number of pyridine rings is 2. The molecule has 0 aliphatic heterocycles. The summed E-state index contributed by atoms with van der Waals surface area (Å²) in [6.45, 7) is 6.66. The van der Waals surface area contributed by atoms with Gasteiger partial charge in [-0.1, -0.05) is 63.2 Å². The van der Waals surface area contributed by atoms with E-state index in [0.717, 1.165) is 67.6 Å². The molecule has 0 fully saturated rings. The lowest BCUT2D eigenvalue weighted by Gasteiger charge is -2.19. The molecule has 4 nitrogen and oxygen atoms in total. The van der Waals surface area contributed by atoms with Gasteiger partial charge in [0.15, 0.2) is 0 Å². The van der Waals surface area contributed by atoms with Crippen LogP contribution in [0.4, 0.5) is 8.78 Å². The van der Waals surface area contributed by atoms with Crippen LogP contribution in [-0.2, 0) is 5.41 Å². The van der Waals surface area contributed by atoms with Crippen LogP contribution in [0.1, 0.15) is 26.3 Å². The molecule has 0 spiro atoms. The Balaban J connectivity index is 1.37. The van der Waals surface area contributed by atoms with E-state index in [-0.39, 0.29) is 5.41 Å². The van der Waals surface area contributed by atoms with Gasteiger partial charge in [0.1, 0.15) is 23.1 Å². The molecule has 0 bridgehead atoms. The maximum atomic E-state index is 15.1. The van der Waals surface area contributed by atoms with Crippen molar-refractivity contribution in [1.29, 1.82) is 0 Å². The van der Waals surface area contributed by atoms with E-state index >= 15 is 4.39 Å². The Morgan fingerprint density at radius 2 is 1.40 bits per heavy atom. The minimum absolute atomic E-state index is 0.0269. The van der Waals surface area contributed by atoms with E-state index < -0.39 is 11.6 Å². The first-order chi connectivity index (χ1) is 23.2. The fourth-order valence-corrected chi connectivity index (χ4v) is 6.40. The Morgan fingerprint density at radius 1 is 0.625 bits per heavy atom. The topological polar surface area (TPSA) is 46.5 Å². The van der Waals surface area contributed by atoms with E-state index in [4.69, 9.17) is 4.98 Å². The molecule has 0 radical (unpaired) electrons. The van der Waals surface area contributed by atoms with Crippen molar-refractivity contribution in [3.63, 3.8) is 0 Å². The molecule has 234 valence electrons. The third-order valence-corrected chi connectivity index (χ3v) is 8.91. The zero-order chi connectivity index (χ0) is 33.0.